The highest BCUT2D eigenvalue weighted by Crippen LogP contribution is 2.06. The predicted octanol–water partition coefficient (Wildman–Crippen LogP) is 2.45. The number of hydrogen-bond donors (Lipinski definition) is 1. The van der Waals surface area contributed by atoms with E-state index >= 15 is 0 Å². The normalized spacial score (nSPS) is 12.1. The van der Waals surface area contributed by atoms with Crippen molar-refractivity contribution in [1.29, 1.82) is 0 Å². The van der Waals surface area contributed by atoms with Crippen LogP contribution >= 0.6 is 0 Å². The highest BCUT2D eigenvalue weighted by molar-refractivity contribution is 5.14. The van der Waals surface area contributed by atoms with Crippen LogP contribution in [0.15, 0.2) is 42.0 Å². The first kappa shape index (κ1) is 12.9. The first-order valence-electron chi connectivity index (χ1n) is 5.75. The molecule has 2 nitrogen and oxygen atoms in total. The summed E-state index contributed by atoms with van der Waals surface area (Å²) in [4.78, 5) is 2.25. The number of rotatable bonds is 6. The highest BCUT2D eigenvalue weighted by Gasteiger charge is 2.05. The lowest BCUT2D eigenvalue weighted by Crippen LogP contribution is -2.28. The Kier molecular flexibility index (Phi) is 5.83. The predicted molar refractivity (Wildman–Crippen MR) is 68.2 cm³/mol. The van der Waals surface area contributed by atoms with Crippen molar-refractivity contribution in [3.63, 3.8) is 0 Å². The minimum absolute atomic E-state index is 0.212. The number of aliphatic hydroxyl groups excluding tert-OH is 1. The first-order valence-corrected chi connectivity index (χ1v) is 5.75. The fourth-order valence-corrected chi connectivity index (χ4v) is 1.64. The molecule has 1 N–H and O–H groups in total. The van der Waals surface area contributed by atoms with Crippen LogP contribution in [0.5, 0.6) is 0 Å². The lowest BCUT2D eigenvalue weighted by molar-refractivity contribution is 0.200. The zero-order chi connectivity index (χ0) is 11.8. The molecule has 2 heteroatoms. The van der Waals surface area contributed by atoms with Gasteiger partial charge in [-0.2, -0.15) is 0 Å². The number of nitrogens with zero attached hydrogens (tertiary/aromatic N) is 1. The van der Waals surface area contributed by atoms with E-state index in [9.17, 15) is 0 Å². The largest absolute Gasteiger partial charge is 0.395 e. The molecular weight excluding hydrogens is 198 g/mol. The lowest BCUT2D eigenvalue weighted by Gasteiger charge is -2.21. The summed E-state index contributed by atoms with van der Waals surface area (Å²) in [5.41, 5.74) is 2.63. The summed E-state index contributed by atoms with van der Waals surface area (Å²) in [7, 11) is 0. The summed E-state index contributed by atoms with van der Waals surface area (Å²) >= 11 is 0. The summed E-state index contributed by atoms with van der Waals surface area (Å²) in [6, 6.07) is 10.4. The Morgan fingerprint density at radius 2 is 2.00 bits per heavy atom. The maximum Gasteiger partial charge on any atom is 0.0558 e. The van der Waals surface area contributed by atoms with Gasteiger partial charge >= 0.3 is 0 Å². The Morgan fingerprint density at radius 3 is 2.56 bits per heavy atom. The van der Waals surface area contributed by atoms with Gasteiger partial charge in [-0.05, 0) is 19.4 Å². The average Bonchev–Trinajstić information content (AvgIpc) is 2.30. The molecule has 0 saturated carbocycles. The molecule has 0 unspecified atom stereocenters. The van der Waals surface area contributed by atoms with Crippen LogP contribution in [0.2, 0.25) is 0 Å². The van der Waals surface area contributed by atoms with Crippen molar-refractivity contribution < 1.29 is 5.11 Å². The highest BCUT2D eigenvalue weighted by atomic mass is 16.3. The van der Waals surface area contributed by atoms with Crippen molar-refractivity contribution in [3.8, 4) is 0 Å². The number of aliphatic hydroxyl groups is 1. The van der Waals surface area contributed by atoms with E-state index in [1.165, 1.54) is 11.1 Å². The molecule has 0 atom stereocenters. The fraction of sp³-hybridized carbons (Fsp3) is 0.429. The molecular formula is C14H21NO. The summed E-state index contributed by atoms with van der Waals surface area (Å²) in [5, 5.41) is 9.04. The SMILES string of the molecule is CC=C(C)CN(CCO)Cc1ccccc1. The molecule has 0 aliphatic carbocycles. The van der Waals surface area contributed by atoms with Gasteiger partial charge in [0.25, 0.3) is 0 Å². The third-order valence-corrected chi connectivity index (χ3v) is 2.63. The van der Waals surface area contributed by atoms with Crippen LogP contribution in [0.25, 0.3) is 0 Å². The molecule has 88 valence electrons. The molecule has 0 aliphatic rings. The number of hydrogen-bond acceptors (Lipinski definition) is 2. The van der Waals surface area contributed by atoms with Gasteiger partial charge in [-0.1, -0.05) is 42.0 Å². The molecule has 0 aliphatic heterocycles. The van der Waals surface area contributed by atoms with Crippen LogP contribution in [-0.4, -0.2) is 29.7 Å². The van der Waals surface area contributed by atoms with Gasteiger partial charge in [-0.3, -0.25) is 4.90 Å². The molecule has 0 fully saturated rings. The van der Waals surface area contributed by atoms with Crippen molar-refractivity contribution in [1.82, 2.24) is 4.90 Å². The van der Waals surface area contributed by atoms with Gasteiger partial charge < -0.3 is 5.11 Å². The quantitative estimate of drug-likeness (QED) is 0.743. The second kappa shape index (κ2) is 7.20. The molecule has 16 heavy (non-hydrogen) atoms. The summed E-state index contributed by atoms with van der Waals surface area (Å²) in [6.07, 6.45) is 2.12. The first-order chi connectivity index (χ1) is 7.76. The van der Waals surface area contributed by atoms with Crippen LogP contribution < -0.4 is 0 Å². The topological polar surface area (TPSA) is 23.5 Å². The van der Waals surface area contributed by atoms with Crippen molar-refractivity contribution in [2.45, 2.75) is 20.4 Å². The van der Waals surface area contributed by atoms with E-state index in [2.05, 4.69) is 49.1 Å². The zero-order valence-electron chi connectivity index (χ0n) is 10.2. The van der Waals surface area contributed by atoms with E-state index in [-0.39, 0.29) is 6.61 Å². The lowest BCUT2D eigenvalue weighted by atomic mass is 10.2. The van der Waals surface area contributed by atoms with E-state index in [0.29, 0.717) is 0 Å². The van der Waals surface area contributed by atoms with Gasteiger partial charge in [-0.15, -0.1) is 0 Å². The van der Waals surface area contributed by atoms with E-state index in [1.54, 1.807) is 0 Å². The molecule has 0 heterocycles. The Balaban J connectivity index is 2.57. The third-order valence-electron chi connectivity index (χ3n) is 2.63. The van der Waals surface area contributed by atoms with Crippen LogP contribution in [0.4, 0.5) is 0 Å². The maximum absolute atomic E-state index is 9.04. The van der Waals surface area contributed by atoms with Gasteiger partial charge in [0.1, 0.15) is 0 Å². The minimum atomic E-state index is 0.212. The van der Waals surface area contributed by atoms with Gasteiger partial charge in [0, 0.05) is 19.6 Å². The second-order valence-corrected chi connectivity index (χ2v) is 4.05. The number of allylic oxidation sites excluding steroid dienone is 1. The average molecular weight is 219 g/mol. The zero-order valence-corrected chi connectivity index (χ0v) is 10.2. The molecule has 1 aromatic carbocycles. The monoisotopic (exact) mass is 219 g/mol. The summed E-state index contributed by atoms with van der Waals surface area (Å²) in [5.74, 6) is 0. The van der Waals surface area contributed by atoms with Crippen LogP contribution in [0.1, 0.15) is 19.4 Å². The van der Waals surface area contributed by atoms with E-state index in [1.807, 2.05) is 6.07 Å². The molecule has 0 amide bonds. The van der Waals surface area contributed by atoms with Gasteiger partial charge in [-0.25, -0.2) is 0 Å². The Labute approximate surface area is 98.2 Å². The second-order valence-electron chi connectivity index (χ2n) is 4.05. The maximum atomic E-state index is 9.04. The Bertz CT molecular complexity index is 319. The van der Waals surface area contributed by atoms with Gasteiger partial charge in [0.05, 0.1) is 6.61 Å². The molecule has 0 saturated heterocycles. The van der Waals surface area contributed by atoms with Crippen LogP contribution in [0.3, 0.4) is 0 Å². The van der Waals surface area contributed by atoms with E-state index < -0.39 is 0 Å². The summed E-state index contributed by atoms with van der Waals surface area (Å²) < 4.78 is 0. The van der Waals surface area contributed by atoms with Crippen LogP contribution in [-0.2, 0) is 6.54 Å². The van der Waals surface area contributed by atoms with Gasteiger partial charge in [0.15, 0.2) is 0 Å². The van der Waals surface area contributed by atoms with Crippen molar-refractivity contribution in [3.05, 3.63) is 47.5 Å². The summed E-state index contributed by atoms with van der Waals surface area (Å²) in [6.45, 7) is 6.92. The smallest absolute Gasteiger partial charge is 0.0558 e. The van der Waals surface area contributed by atoms with Crippen molar-refractivity contribution >= 4 is 0 Å². The van der Waals surface area contributed by atoms with E-state index in [0.717, 1.165) is 19.6 Å². The Morgan fingerprint density at radius 1 is 1.31 bits per heavy atom. The minimum Gasteiger partial charge on any atom is -0.395 e. The standard InChI is InChI=1S/C14H21NO/c1-3-13(2)11-15(9-10-16)12-14-7-5-4-6-8-14/h3-8,16H,9-12H2,1-2H3. The molecule has 1 aromatic rings. The number of benzene rings is 1. The van der Waals surface area contributed by atoms with E-state index in [4.69, 9.17) is 5.11 Å². The van der Waals surface area contributed by atoms with Crippen molar-refractivity contribution in [2.24, 2.45) is 0 Å². The van der Waals surface area contributed by atoms with Crippen molar-refractivity contribution in [2.75, 3.05) is 19.7 Å². The molecule has 0 spiro atoms. The van der Waals surface area contributed by atoms with Crippen LogP contribution in [0, 0.1) is 0 Å². The molecule has 0 bridgehead atoms. The molecule has 0 aromatic heterocycles. The fourth-order valence-electron chi connectivity index (χ4n) is 1.64. The Hall–Kier alpha value is -1.12. The molecule has 0 radical (unpaired) electrons. The third kappa shape index (κ3) is 4.60. The molecule has 1 rings (SSSR count). The van der Waals surface area contributed by atoms with Gasteiger partial charge in [0.2, 0.25) is 0 Å².